The molecular weight excluding hydrogens is 515 g/mol. The van der Waals surface area contributed by atoms with Gasteiger partial charge in [0.15, 0.2) is 9.84 Å². The van der Waals surface area contributed by atoms with Crippen LogP contribution < -0.4 is 16.2 Å². The molecule has 1 unspecified atom stereocenters. The van der Waals surface area contributed by atoms with Crippen LogP contribution >= 0.6 is 11.6 Å². The van der Waals surface area contributed by atoms with Gasteiger partial charge in [-0.3, -0.25) is 25.4 Å². The van der Waals surface area contributed by atoms with Gasteiger partial charge in [0.1, 0.15) is 5.82 Å². The number of benzene rings is 1. The summed E-state index contributed by atoms with van der Waals surface area (Å²) in [6.45, 7) is -0.173. The molecule has 0 aliphatic carbocycles. The Bertz CT molecular complexity index is 1230. The van der Waals surface area contributed by atoms with Crippen molar-refractivity contribution in [2.24, 2.45) is 0 Å². The fourth-order valence-electron chi connectivity index (χ4n) is 3.22. The number of halogens is 4. The molecule has 0 bridgehead atoms. The fourth-order valence-corrected chi connectivity index (χ4v) is 4.91. The van der Waals surface area contributed by atoms with Crippen LogP contribution in [0.15, 0.2) is 36.5 Å². The highest BCUT2D eigenvalue weighted by Crippen LogP contribution is 2.29. The van der Waals surface area contributed by atoms with Crippen LogP contribution in [0.1, 0.15) is 27.7 Å². The lowest BCUT2D eigenvalue weighted by Gasteiger charge is -2.35. The maximum Gasteiger partial charge on any atom is 0.318 e. The Labute approximate surface area is 202 Å². The van der Waals surface area contributed by atoms with Crippen molar-refractivity contribution in [2.75, 3.05) is 18.1 Å². The number of carbonyl (C=O) groups is 3. The average Bonchev–Trinajstić information content (AvgIpc) is 2.82. The van der Waals surface area contributed by atoms with Crippen LogP contribution in [0.5, 0.6) is 0 Å². The highest BCUT2D eigenvalue weighted by Gasteiger charge is 2.35. The number of urea groups is 1. The quantitative estimate of drug-likeness (QED) is 0.499. The van der Waals surface area contributed by atoms with Crippen molar-refractivity contribution >= 4 is 39.3 Å². The molecule has 3 rings (SSSR count). The van der Waals surface area contributed by atoms with Crippen molar-refractivity contribution in [2.45, 2.75) is 19.0 Å². The molecule has 10 nitrogen and oxygen atoms in total. The Morgan fingerprint density at radius 3 is 2.54 bits per heavy atom. The lowest BCUT2D eigenvalue weighted by atomic mass is 10.1. The molecule has 0 saturated carbocycles. The third-order valence-corrected chi connectivity index (χ3v) is 6.94. The van der Waals surface area contributed by atoms with E-state index in [2.05, 4.69) is 10.3 Å². The summed E-state index contributed by atoms with van der Waals surface area (Å²) >= 11 is 5.82. The Kier molecular flexibility index (Phi) is 8.17. The number of hydrogen-bond acceptors (Lipinski definition) is 6. The van der Waals surface area contributed by atoms with Crippen molar-refractivity contribution in [3.05, 3.63) is 64.2 Å². The summed E-state index contributed by atoms with van der Waals surface area (Å²) in [5, 5.41) is 2.40. The SMILES string of the molecule is O=C(NNC(=O)C(F)F)c1ccc(CNC(=O)N2CCS(=O)(=O)CC2c2ccc(F)c(Cl)c2)nc1. The number of hydrogen-bond donors (Lipinski definition) is 3. The minimum Gasteiger partial charge on any atom is -0.332 e. The number of alkyl halides is 2. The first-order valence-electron chi connectivity index (χ1n) is 10.00. The summed E-state index contributed by atoms with van der Waals surface area (Å²) in [5.74, 6) is -3.82. The van der Waals surface area contributed by atoms with E-state index in [-0.39, 0.29) is 35.2 Å². The van der Waals surface area contributed by atoms with Crippen molar-refractivity contribution < 1.29 is 36.0 Å². The van der Waals surface area contributed by atoms with Gasteiger partial charge in [-0.05, 0) is 29.8 Å². The van der Waals surface area contributed by atoms with E-state index in [0.717, 1.165) is 12.3 Å². The van der Waals surface area contributed by atoms with Crippen LogP contribution in [0.4, 0.5) is 18.0 Å². The van der Waals surface area contributed by atoms with Crippen LogP contribution in [-0.4, -0.2) is 60.6 Å². The normalized spacial score (nSPS) is 17.1. The Hall–Kier alpha value is -3.39. The molecule has 1 aliphatic rings. The molecule has 1 aliphatic heterocycles. The molecule has 2 aromatic rings. The molecule has 2 heterocycles. The molecule has 188 valence electrons. The number of nitrogens with one attached hydrogen (secondary N) is 3. The zero-order valence-electron chi connectivity index (χ0n) is 17.8. The first kappa shape index (κ1) is 26.2. The van der Waals surface area contributed by atoms with Gasteiger partial charge in [-0.15, -0.1) is 0 Å². The minimum absolute atomic E-state index is 0.0378. The lowest BCUT2D eigenvalue weighted by Crippen LogP contribution is -2.50. The third-order valence-electron chi connectivity index (χ3n) is 5.03. The molecule has 4 amide bonds. The molecule has 3 N–H and O–H groups in total. The number of nitrogens with zero attached hydrogens (tertiary/aromatic N) is 2. The van der Waals surface area contributed by atoms with Gasteiger partial charge in [-0.25, -0.2) is 17.6 Å². The van der Waals surface area contributed by atoms with Crippen LogP contribution in [0.2, 0.25) is 5.02 Å². The van der Waals surface area contributed by atoms with Gasteiger partial charge in [0.05, 0.1) is 40.4 Å². The average molecular weight is 534 g/mol. The minimum atomic E-state index is -3.44. The van der Waals surface area contributed by atoms with Crippen molar-refractivity contribution in [1.82, 2.24) is 26.1 Å². The fraction of sp³-hybridized carbons (Fsp3) is 0.300. The second-order valence-corrected chi connectivity index (χ2v) is 10.1. The number of sulfone groups is 1. The van der Waals surface area contributed by atoms with Crippen LogP contribution in [-0.2, 0) is 21.2 Å². The smallest absolute Gasteiger partial charge is 0.318 e. The van der Waals surface area contributed by atoms with E-state index < -0.39 is 46.0 Å². The predicted octanol–water partition coefficient (Wildman–Crippen LogP) is 1.58. The molecule has 35 heavy (non-hydrogen) atoms. The Balaban J connectivity index is 1.63. The first-order chi connectivity index (χ1) is 16.5. The maximum absolute atomic E-state index is 13.5. The van der Waals surface area contributed by atoms with Crippen LogP contribution in [0.3, 0.4) is 0 Å². The van der Waals surface area contributed by atoms with E-state index >= 15 is 0 Å². The van der Waals surface area contributed by atoms with Gasteiger partial charge in [0.2, 0.25) is 0 Å². The molecule has 1 saturated heterocycles. The zero-order valence-corrected chi connectivity index (χ0v) is 19.4. The van der Waals surface area contributed by atoms with Gasteiger partial charge in [0, 0.05) is 12.7 Å². The summed E-state index contributed by atoms with van der Waals surface area (Å²) in [5.41, 5.74) is 4.02. The zero-order chi connectivity index (χ0) is 25.8. The van der Waals surface area contributed by atoms with Crippen LogP contribution in [0, 0.1) is 5.82 Å². The number of rotatable bonds is 5. The number of hydrazine groups is 1. The number of aromatic nitrogens is 1. The highest BCUT2D eigenvalue weighted by molar-refractivity contribution is 7.91. The van der Waals surface area contributed by atoms with Crippen molar-refractivity contribution in [1.29, 1.82) is 0 Å². The highest BCUT2D eigenvalue weighted by atomic mass is 35.5. The number of amides is 4. The van der Waals surface area contributed by atoms with E-state index in [9.17, 15) is 36.0 Å². The lowest BCUT2D eigenvalue weighted by molar-refractivity contribution is -0.132. The molecule has 15 heteroatoms. The first-order valence-corrected chi connectivity index (χ1v) is 12.2. The Morgan fingerprint density at radius 2 is 1.91 bits per heavy atom. The summed E-state index contributed by atoms with van der Waals surface area (Å²) in [4.78, 5) is 40.8. The topological polar surface area (TPSA) is 138 Å². The molecular formula is C20H19ClF3N5O5S. The molecule has 0 spiro atoms. The summed E-state index contributed by atoms with van der Waals surface area (Å²) in [6, 6.07) is 4.95. The van der Waals surface area contributed by atoms with Gasteiger partial charge < -0.3 is 10.2 Å². The molecule has 0 radical (unpaired) electrons. The predicted molar refractivity (Wildman–Crippen MR) is 118 cm³/mol. The van der Waals surface area contributed by atoms with Gasteiger partial charge in [-0.1, -0.05) is 17.7 Å². The maximum atomic E-state index is 13.5. The molecule has 1 aromatic heterocycles. The monoisotopic (exact) mass is 533 g/mol. The number of carbonyl (C=O) groups excluding carboxylic acids is 3. The standard InChI is InChI=1S/C20H19ClF3N5O5S/c21-14-7-11(2-4-15(14)22)16-10-35(33,34)6-5-29(16)20(32)26-9-13-3-1-12(8-25-13)18(30)27-28-19(31)17(23)24/h1-4,7-8,16-17H,5-6,9-10H2,(H,26,32)(H,27,30)(H,28,31). The molecule has 1 fully saturated rings. The number of pyridine rings is 1. The second kappa shape index (κ2) is 10.9. The van der Waals surface area contributed by atoms with Gasteiger partial charge >= 0.3 is 18.4 Å². The van der Waals surface area contributed by atoms with E-state index in [1.807, 2.05) is 5.43 Å². The van der Waals surface area contributed by atoms with E-state index in [1.54, 1.807) is 5.43 Å². The van der Waals surface area contributed by atoms with Crippen molar-refractivity contribution in [3.8, 4) is 0 Å². The largest absolute Gasteiger partial charge is 0.332 e. The van der Waals surface area contributed by atoms with Crippen LogP contribution in [0.25, 0.3) is 0 Å². The summed E-state index contributed by atoms with van der Waals surface area (Å²) < 4.78 is 62.2. The van der Waals surface area contributed by atoms with E-state index in [1.165, 1.54) is 29.2 Å². The van der Waals surface area contributed by atoms with Crippen molar-refractivity contribution in [3.63, 3.8) is 0 Å². The molecule has 1 atom stereocenters. The summed E-state index contributed by atoms with van der Waals surface area (Å²) in [6.07, 6.45) is -2.18. The van der Waals surface area contributed by atoms with Gasteiger partial charge in [-0.2, -0.15) is 8.78 Å². The van der Waals surface area contributed by atoms with E-state index in [4.69, 9.17) is 11.6 Å². The molecule has 1 aromatic carbocycles. The third kappa shape index (κ3) is 6.82. The summed E-state index contributed by atoms with van der Waals surface area (Å²) in [7, 11) is -3.44. The second-order valence-electron chi connectivity index (χ2n) is 7.44. The van der Waals surface area contributed by atoms with Gasteiger partial charge in [0.25, 0.3) is 5.91 Å². The van der Waals surface area contributed by atoms with E-state index in [0.29, 0.717) is 11.3 Å². The Morgan fingerprint density at radius 1 is 1.17 bits per heavy atom.